The van der Waals surface area contributed by atoms with E-state index in [2.05, 4.69) is 52.4 Å². The quantitative estimate of drug-likeness (QED) is 0.451. The number of piperazine rings is 1. The summed E-state index contributed by atoms with van der Waals surface area (Å²) < 4.78 is 7.24. The Morgan fingerprint density at radius 2 is 1.93 bits per heavy atom. The van der Waals surface area contributed by atoms with E-state index in [1.54, 1.807) is 7.11 Å². The maximum absolute atomic E-state index is 5.25. The summed E-state index contributed by atoms with van der Waals surface area (Å²) in [5, 5.41) is 7.78. The van der Waals surface area contributed by atoms with Crippen LogP contribution in [0.1, 0.15) is 18.9 Å². The Morgan fingerprint density at radius 3 is 2.54 bits per heavy atom. The van der Waals surface area contributed by atoms with Crippen LogP contribution in [0.2, 0.25) is 0 Å². The first-order chi connectivity index (χ1) is 13.7. The summed E-state index contributed by atoms with van der Waals surface area (Å²) in [7, 11) is 1.70. The number of nitrogens with one attached hydrogen (secondary N) is 1. The molecule has 2 aromatic rings. The Bertz CT molecular complexity index is 747. The third kappa shape index (κ3) is 5.41. The molecule has 1 aromatic heterocycles. The zero-order valence-corrected chi connectivity index (χ0v) is 17.3. The molecule has 2 heterocycles. The van der Waals surface area contributed by atoms with E-state index in [0.717, 1.165) is 63.9 Å². The number of aromatic nitrogens is 2. The van der Waals surface area contributed by atoms with E-state index >= 15 is 0 Å². The van der Waals surface area contributed by atoms with E-state index in [-0.39, 0.29) is 0 Å². The third-order valence-corrected chi connectivity index (χ3v) is 4.92. The average Bonchev–Trinajstić information content (AvgIpc) is 3.15. The predicted molar refractivity (Wildman–Crippen MR) is 114 cm³/mol. The maximum atomic E-state index is 5.25. The van der Waals surface area contributed by atoms with Gasteiger partial charge in [0.25, 0.3) is 0 Å². The molecule has 0 amide bonds. The third-order valence-electron chi connectivity index (χ3n) is 4.92. The molecule has 0 bridgehead atoms. The molecule has 152 valence electrons. The summed E-state index contributed by atoms with van der Waals surface area (Å²) in [6.07, 6.45) is 4.96. The molecule has 0 saturated carbocycles. The monoisotopic (exact) mass is 384 g/mol. The van der Waals surface area contributed by atoms with Gasteiger partial charge in [0.2, 0.25) is 0 Å². The zero-order chi connectivity index (χ0) is 19.8. The predicted octanol–water partition coefficient (Wildman–Crippen LogP) is 2.38. The molecule has 0 spiro atoms. The molecule has 7 nitrogen and oxygen atoms in total. The molecular weight excluding hydrogens is 352 g/mol. The second kappa shape index (κ2) is 10.0. The van der Waals surface area contributed by atoms with Gasteiger partial charge in [0, 0.05) is 57.7 Å². The fourth-order valence-corrected chi connectivity index (χ4v) is 3.40. The summed E-state index contributed by atoms with van der Waals surface area (Å²) in [6.45, 7) is 10.7. The van der Waals surface area contributed by atoms with Gasteiger partial charge in [-0.2, -0.15) is 5.10 Å². The molecule has 7 heteroatoms. The van der Waals surface area contributed by atoms with Crippen molar-refractivity contribution in [2.24, 2.45) is 4.99 Å². The van der Waals surface area contributed by atoms with Crippen molar-refractivity contribution in [2.75, 3.05) is 51.3 Å². The first-order valence-corrected chi connectivity index (χ1v) is 10.1. The number of hydrogen-bond acceptors (Lipinski definition) is 4. The van der Waals surface area contributed by atoms with Crippen molar-refractivity contribution >= 4 is 11.6 Å². The van der Waals surface area contributed by atoms with E-state index in [1.807, 2.05) is 23.0 Å². The summed E-state index contributed by atoms with van der Waals surface area (Å²) in [4.78, 5) is 9.61. The number of anilines is 1. The number of aryl methyl sites for hydroxylation is 2. The largest absolute Gasteiger partial charge is 0.497 e. The standard InChI is InChI=1S/C21H32N6O/c1-4-22-21(23-10-5-11-27-17-18(2)16-24-27)26-14-12-25(13-15-26)19-6-8-20(28-3)9-7-19/h6-9,16-17H,4-5,10-15H2,1-3H3,(H,22,23). The number of nitrogens with zero attached hydrogens (tertiary/aromatic N) is 5. The molecule has 0 atom stereocenters. The van der Waals surface area contributed by atoms with Gasteiger partial charge in [-0.15, -0.1) is 0 Å². The number of ether oxygens (including phenoxy) is 1. The smallest absolute Gasteiger partial charge is 0.194 e. The molecule has 1 saturated heterocycles. The van der Waals surface area contributed by atoms with Crippen LogP contribution in [0.5, 0.6) is 5.75 Å². The highest BCUT2D eigenvalue weighted by Gasteiger charge is 2.19. The van der Waals surface area contributed by atoms with Crippen molar-refractivity contribution in [3.63, 3.8) is 0 Å². The fraction of sp³-hybridized carbons (Fsp3) is 0.524. The van der Waals surface area contributed by atoms with Crippen molar-refractivity contribution in [3.8, 4) is 5.75 Å². The molecule has 1 aliphatic heterocycles. The van der Waals surface area contributed by atoms with Gasteiger partial charge in [-0.1, -0.05) is 0 Å². The first-order valence-electron chi connectivity index (χ1n) is 10.1. The number of guanidine groups is 1. The Labute approximate surface area is 168 Å². The second-order valence-electron chi connectivity index (χ2n) is 7.04. The second-order valence-corrected chi connectivity index (χ2v) is 7.04. The van der Waals surface area contributed by atoms with Gasteiger partial charge in [0.1, 0.15) is 5.75 Å². The minimum absolute atomic E-state index is 0.805. The van der Waals surface area contributed by atoms with E-state index in [4.69, 9.17) is 9.73 Å². The van der Waals surface area contributed by atoms with Gasteiger partial charge in [-0.3, -0.25) is 9.67 Å². The Kier molecular flexibility index (Phi) is 7.17. The van der Waals surface area contributed by atoms with Crippen LogP contribution < -0.4 is 15.0 Å². The van der Waals surface area contributed by atoms with Crippen LogP contribution in [0.25, 0.3) is 0 Å². The molecule has 1 N–H and O–H groups in total. The molecule has 0 aliphatic carbocycles. The van der Waals surface area contributed by atoms with E-state index < -0.39 is 0 Å². The lowest BCUT2D eigenvalue weighted by molar-refractivity contribution is 0.372. The van der Waals surface area contributed by atoms with Crippen molar-refractivity contribution in [1.29, 1.82) is 0 Å². The molecule has 0 radical (unpaired) electrons. The summed E-state index contributed by atoms with van der Waals surface area (Å²) in [6, 6.07) is 8.30. The summed E-state index contributed by atoms with van der Waals surface area (Å²) in [5.41, 5.74) is 2.45. The highest BCUT2D eigenvalue weighted by molar-refractivity contribution is 5.80. The molecule has 1 aliphatic rings. The zero-order valence-electron chi connectivity index (χ0n) is 17.3. The average molecular weight is 385 g/mol. The van der Waals surface area contributed by atoms with Crippen molar-refractivity contribution in [3.05, 3.63) is 42.2 Å². The topological polar surface area (TPSA) is 57.9 Å². The minimum Gasteiger partial charge on any atom is -0.497 e. The molecule has 3 rings (SSSR count). The fourth-order valence-electron chi connectivity index (χ4n) is 3.40. The lowest BCUT2D eigenvalue weighted by atomic mass is 10.2. The number of hydrogen-bond donors (Lipinski definition) is 1. The van der Waals surface area contributed by atoms with Gasteiger partial charge in [0.15, 0.2) is 5.96 Å². The molecular formula is C21H32N6O. The Hall–Kier alpha value is -2.70. The molecule has 0 unspecified atom stereocenters. The van der Waals surface area contributed by atoms with Gasteiger partial charge in [-0.05, 0) is 50.1 Å². The van der Waals surface area contributed by atoms with E-state index in [0.29, 0.717) is 0 Å². The lowest BCUT2D eigenvalue weighted by Gasteiger charge is -2.37. The lowest BCUT2D eigenvalue weighted by Crippen LogP contribution is -2.52. The molecule has 1 fully saturated rings. The van der Waals surface area contributed by atoms with E-state index in [1.165, 1.54) is 11.3 Å². The van der Waals surface area contributed by atoms with Gasteiger partial charge >= 0.3 is 0 Å². The van der Waals surface area contributed by atoms with Crippen LogP contribution in [-0.4, -0.2) is 67.0 Å². The van der Waals surface area contributed by atoms with Gasteiger partial charge in [-0.25, -0.2) is 0 Å². The van der Waals surface area contributed by atoms with E-state index in [9.17, 15) is 0 Å². The minimum atomic E-state index is 0.805. The summed E-state index contributed by atoms with van der Waals surface area (Å²) in [5.74, 6) is 1.92. The van der Waals surface area contributed by atoms with Crippen LogP contribution in [0.3, 0.4) is 0 Å². The van der Waals surface area contributed by atoms with Crippen molar-refractivity contribution < 1.29 is 4.74 Å². The van der Waals surface area contributed by atoms with Gasteiger partial charge < -0.3 is 19.9 Å². The van der Waals surface area contributed by atoms with Crippen LogP contribution in [0.4, 0.5) is 5.69 Å². The Morgan fingerprint density at radius 1 is 1.18 bits per heavy atom. The Balaban J connectivity index is 1.50. The maximum Gasteiger partial charge on any atom is 0.194 e. The van der Waals surface area contributed by atoms with Crippen LogP contribution in [0, 0.1) is 6.92 Å². The molecule has 28 heavy (non-hydrogen) atoms. The van der Waals surface area contributed by atoms with Crippen molar-refractivity contribution in [2.45, 2.75) is 26.8 Å². The highest BCUT2D eigenvalue weighted by atomic mass is 16.5. The van der Waals surface area contributed by atoms with Crippen molar-refractivity contribution in [1.82, 2.24) is 20.0 Å². The first kappa shape index (κ1) is 20.0. The number of methoxy groups -OCH3 is 1. The molecule has 1 aromatic carbocycles. The summed E-state index contributed by atoms with van der Waals surface area (Å²) >= 11 is 0. The van der Waals surface area contributed by atoms with Gasteiger partial charge in [0.05, 0.1) is 13.3 Å². The SMILES string of the molecule is CCNC(=NCCCn1cc(C)cn1)N1CCN(c2ccc(OC)cc2)CC1. The number of rotatable bonds is 7. The van der Waals surface area contributed by atoms with Crippen LogP contribution >= 0.6 is 0 Å². The number of benzene rings is 1. The highest BCUT2D eigenvalue weighted by Crippen LogP contribution is 2.20. The van der Waals surface area contributed by atoms with Crippen LogP contribution in [-0.2, 0) is 6.54 Å². The normalized spacial score (nSPS) is 15.0. The van der Waals surface area contributed by atoms with Crippen LogP contribution in [0.15, 0.2) is 41.7 Å². The number of aliphatic imine (C=N–C) groups is 1.